The SMILES string of the molecule is CC.CC.CC.CC.CC.CC.CC.CC.CC.CC.CC.CC(C)C1=CCN=C1.CC(C)c1ccn[nH]1.CC(C)c1ccn[nH]1.CC(C)c1ccno1.CC(C)c1ccns1.CC(C)c1ccon1.CC(C)c1ccsn1.CC(C)c1cnco1.CC(C)c1cnoc1.CC(C)c1cnsc1.CC(C)c1cocn1. The summed E-state index contributed by atoms with van der Waals surface area (Å²) in [6.07, 6.45) is 24.4. The minimum Gasteiger partial charge on any atom is -0.451 e. The van der Waals surface area contributed by atoms with Crippen LogP contribution in [0, 0.1) is 5.92 Å². The first kappa shape index (κ1) is 126. The van der Waals surface area contributed by atoms with Gasteiger partial charge in [-0.05, 0) is 123 Å². The Kier molecular flexibility index (Phi) is 112. The summed E-state index contributed by atoms with van der Waals surface area (Å²) < 4.78 is 36.0. The van der Waals surface area contributed by atoms with Crippen LogP contribution in [0.15, 0.2) is 161 Å². The van der Waals surface area contributed by atoms with E-state index in [1.54, 1.807) is 61.3 Å². The van der Waals surface area contributed by atoms with Crippen LogP contribution >= 0.6 is 34.6 Å². The largest absolute Gasteiger partial charge is 0.451 e. The molecule has 638 valence electrons. The summed E-state index contributed by atoms with van der Waals surface area (Å²) in [7, 11) is 0. The van der Waals surface area contributed by atoms with Crippen molar-refractivity contribution in [1.82, 2.24) is 59.0 Å². The van der Waals surface area contributed by atoms with Crippen LogP contribution in [0.25, 0.3) is 0 Å². The van der Waals surface area contributed by atoms with Crippen LogP contribution in [0.1, 0.15) is 420 Å². The zero-order chi connectivity index (χ0) is 87.8. The van der Waals surface area contributed by atoms with E-state index in [0.29, 0.717) is 65.1 Å². The van der Waals surface area contributed by atoms with Crippen molar-refractivity contribution in [2.75, 3.05) is 6.54 Å². The first-order valence-corrected chi connectivity index (χ1v) is 43.6. The van der Waals surface area contributed by atoms with Crippen LogP contribution in [-0.4, -0.2) is 71.7 Å². The van der Waals surface area contributed by atoms with Crippen LogP contribution in [0.5, 0.6) is 0 Å². The van der Waals surface area contributed by atoms with Gasteiger partial charge in [0.25, 0.3) is 0 Å². The zero-order valence-electron chi connectivity index (χ0n) is 78.4. The normalized spacial score (nSPS) is 9.43. The summed E-state index contributed by atoms with van der Waals surface area (Å²) in [6, 6.07) is 11.9. The molecule has 0 radical (unpaired) electrons. The van der Waals surface area contributed by atoms with Crippen LogP contribution in [-0.2, 0) is 0 Å². The Hall–Kier alpha value is -7.23. The van der Waals surface area contributed by atoms with Gasteiger partial charge < -0.3 is 22.4 Å². The Bertz CT molecular complexity index is 2390. The molecule has 10 aromatic rings. The van der Waals surface area contributed by atoms with Crippen LogP contribution in [0.3, 0.4) is 0 Å². The fourth-order valence-corrected chi connectivity index (χ4v) is 7.96. The fraction of sp³-hybridized carbons (Fsp3) is 0.629. The summed E-state index contributed by atoms with van der Waals surface area (Å²) in [6.45, 7) is 91.6. The predicted octanol–water partition coefficient (Wildman–Crippen LogP) is 31.8. The molecule has 18 nitrogen and oxygen atoms in total. The summed E-state index contributed by atoms with van der Waals surface area (Å²) in [4.78, 5) is 13.2. The van der Waals surface area contributed by atoms with Crippen molar-refractivity contribution in [2.24, 2.45) is 10.9 Å². The molecule has 2 N–H and O–H groups in total. The molecule has 0 spiro atoms. The van der Waals surface area contributed by atoms with Gasteiger partial charge in [0.2, 0.25) is 0 Å². The number of nitrogens with zero attached hydrogens (tertiary/aromatic N) is 11. The molecule has 110 heavy (non-hydrogen) atoms. The molecule has 21 heteroatoms. The maximum Gasteiger partial charge on any atom is 0.180 e. The monoisotopic (exact) mass is 1600 g/mol. The minimum atomic E-state index is 0.456. The lowest BCUT2D eigenvalue weighted by Crippen LogP contribution is -1.90. The fourth-order valence-electron chi connectivity index (χ4n) is 6.03. The van der Waals surface area contributed by atoms with Gasteiger partial charge in [-0.3, -0.25) is 15.2 Å². The van der Waals surface area contributed by atoms with Gasteiger partial charge in [-0.2, -0.15) is 14.6 Å². The van der Waals surface area contributed by atoms with Crippen molar-refractivity contribution >= 4 is 40.8 Å². The van der Waals surface area contributed by atoms with E-state index in [1.807, 2.05) is 201 Å². The molecule has 0 amide bonds. The molecule has 0 aromatic carbocycles. The molecule has 11 rings (SSSR count). The van der Waals surface area contributed by atoms with E-state index in [9.17, 15) is 0 Å². The Labute approximate surface area is 689 Å². The smallest absolute Gasteiger partial charge is 0.180 e. The average Bonchev–Trinajstić information content (AvgIpc) is 2.08. The second kappa shape index (κ2) is 97.8. The molecule has 0 unspecified atom stereocenters. The van der Waals surface area contributed by atoms with Gasteiger partial charge in [0, 0.05) is 87.6 Å². The highest BCUT2D eigenvalue weighted by atomic mass is 32.1. The van der Waals surface area contributed by atoms with Gasteiger partial charge in [0.05, 0.1) is 42.2 Å². The van der Waals surface area contributed by atoms with E-state index in [0.717, 1.165) is 35.0 Å². The first-order valence-electron chi connectivity index (χ1n) is 41.2. The van der Waals surface area contributed by atoms with E-state index in [2.05, 4.69) is 249 Å². The number of H-pyrrole nitrogens is 2. The highest BCUT2D eigenvalue weighted by molar-refractivity contribution is 7.05. The lowest BCUT2D eigenvalue weighted by atomic mass is 10.1. The van der Waals surface area contributed by atoms with E-state index in [4.69, 9.17) is 13.4 Å². The Morgan fingerprint density at radius 3 is 1.09 bits per heavy atom. The van der Waals surface area contributed by atoms with Gasteiger partial charge in [0.1, 0.15) is 30.3 Å². The second-order valence-corrected chi connectivity index (χ2v) is 25.5. The van der Waals surface area contributed by atoms with Crippen molar-refractivity contribution in [3.63, 3.8) is 0 Å². The van der Waals surface area contributed by atoms with Crippen molar-refractivity contribution in [2.45, 2.75) is 364 Å². The predicted molar refractivity (Wildman–Crippen MR) is 488 cm³/mol. The molecule has 0 bridgehead atoms. The lowest BCUT2D eigenvalue weighted by molar-refractivity contribution is 0.371. The van der Waals surface area contributed by atoms with Crippen LogP contribution in [0.2, 0.25) is 0 Å². The van der Waals surface area contributed by atoms with E-state index in [1.165, 1.54) is 68.9 Å². The highest BCUT2D eigenvalue weighted by Gasteiger charge is 2.05. The molecule has 10 aromatic heterocycles. The summed E-state index contributed by atoms with van der Waals surface area (Å²) >= 11 is 4.62. The number of oxazole rings is 2. The molecule has 0 aliphatic carbocycles. The van der Waals surface area contributed by atoms with Gasteiger partial charge in [-0.15, -0.1) is 0 Å². The Balaban J connectivity index is -0.000000106. The molecular formula is C89H169N13O5S3. The topological polar surface area (TPSA) is 239 Å². The van der Waals surface area contributed by atoms with Gasteiger partial charge in [0.15, 0.2) is 12.8 Å². The lowest BCUT2D eigenvalue weighted by Gasteiger charge is -1.98. The Morgan fingerprint density at radius 2 is 0.909 bits per heavy atom. The minimum absolute atomic E-state index is 0.456. The van der Waals surface area contributed by atoms with Crippen molar-refractivity contribution in [3.05, 3.63) is 190 Å². The maximum atomic E-state index is 4.98. The molecule has 1 aliphatic rings. The average molecular weight is 1600 g/mol. The van der Waals surface area contributed by atoms with E-state index in [-0.39, 0.29) is 0 Å². The summed E-state index contributed by atoms with van der Waals surface area (Å²) in [5.41, 5.74) is 9.52. The maximum absolute atomic E-state index is 4.98. The number of allylic oxidation sites excluding steroid dienone is 1. The number of aromatic amines is 2. The van der Waals surface area contributed by atoms with Crippen molar-refractivity contribution < 1.29 is 22.4 Å². The molecule has 11 heterocycles. The number of hydrogen-bond donors (Lipinski definition) is 2. The van der Waals surface area contributed by atoms with Crippen molar-refractivity contribution in [1.29, 1.82) is 0 Å². The molecule has 0 fully saturated rings. The number of nitrogens with one attached hydrogen (secondary N) is 2. The number of aromatic nitrogens is 12. The number of aliphatic imine (C=N–C) groups is 1. The summed E-state index contributed by atoms with van der Waals surface area (Å²) in [5, 5.41) is 28.4. The standard InChI is InChI=1S/C7H11N.2C6H10N2.5C6H9NO.3C6H9NS.11C2H6/c1-6(2)7-3-4-8-5-7;2*1-5(2)6-3-4-7-8-6;1-5(2)6-3-8-4-7-6;1-5(2)6-3-7-4-8-6;1-5(2)6-3-7-8-4-6;1-5(2)6-3-4-8-7-6;1-5(2)6-3-4-7-8-6;1-5(2)6-3-7-8-4-6;1-5(2)6-3-4-8-7-6;1-5(2)6-3-4-7-8-6;11*1-2/h3,5-6H,4H2,1-2H3;2*3-5H,1-2H3,(H,7,8);8*3-5H,1-2H3;11*1-2H3. The highest BCUT2D eigenvalue weighted by Crippen LogP contribution is 2.18. The molecule has 0 saturated heterocycles. The zero-order valence-corrected chi connectivity index (χ0v) is 80.9. The van der Waals surface area contributed by atoms with Crippen LogP contribution in [0.4, 0.5) is 0 Å². The van der Waals surface area contributed by atoms with E-state index < -0.39 is 0 Å². The van der Waals surface area contributed by atoms with Crippen LogP contribution < -0.4 is 0 Å². The van der Waals surface area contributed by atoms with Gasteiger partial charge in [-0.25, -0.2) is 18.7 Å². The molecule has 1 aliphatic heterocycles. The summed E-state index contributed by atoms with van der Waals surface area (Å²) in [5.74, 6) is 7.95. The van der Waals surface area contributed by atoms with Gasteiger partial charge in [-0.1, -0.05) is 326 Å². The third kappa shape index (κ3) is 77.5. The molecule has 0 atom stereocenters. The number of hydrogen-bond acceptors (Lipinski definition) is 19. The molecular weight excluding hydrogens is 1430 g/mol. The Morgan fingerprint density at radius 1 is 0.400 bits per heavy atom. The third-order valence-electron chi connectivity index (χ3n) is 12.1. The quantitative estimate of drug-likeness (QED) is 0.122. The van der Waals surface area contributed by atoms with Crippen molar-refractivity contribution in [3.8, 4) is 0 Å². The number of rotatable bonds is 11. The second-order valence-electron chi connectivity index (χ2n) is 23.3. The third-order valence-corrected chi connectivity index (χ3v) is 14.3. The first-order chi connectivity index (χ1) is 52.8. The van der Waals surface area contributed by atoms with Gasteiger partial charge >= 0.3 is 0 Å². The molecule has 0 saturated carbocycles. The van der Waals surface area contributed by atoms with E-state index >= 15 is 0 Å².